The molecule has 0 radical (unpaired) electrons. The predicted molar refractivity (Wildman–Crippen MR) is 88.1 cm³/mol. The summed E-state index contributed by atoms with van der Waals surface area (Å²) in [7, 11) is 1.39. The lowest BCUT2D eigenvalue weighted by molar-refractivity contribution is -0.385. The Hall–Kier alpha value is -3.23. The highest BCUT2D eigenvalue weighted by Gasteiger charge is 2.42. The van der Waals surface area contributed by atoms with Crippen molar-refractivity contribution >= 4 is 17.6 Å². The number of carbonyl (C=O) groups is 2. The van der Waals surface area contributed by atoms with E-state index >= 15 is 0 Å². The molecule has 0 saturated heterocycles. The van der Waals surface area contributed by atoms with Gasteiger partial charge in [0, 0.05) is 7.05 Å². The Labute approximate surface area is 143 Å². The number of hydrogen-bond donors (Lipinski definition) is 2. The van der Waals surface area contributed by atoms with E-state index in [1.54, 1.807) is 37.3 Å². The average Bonchev–Trinajstić information content (AvgIpc) is 2.87. The van der Waals surface area contributed by atoms with E-state index in [1.165, 1.54) is 14.0 Å². The molecule has 1 aromatic heterocycles. The molecule has 1 unspecified atom stereocenters. The molecule has 132 valence electrons. The number of aromatic nitrogens is 2. The number of aliphatic carboxylic acids is 1. The van der Waals surface area contributed by atoms with Crippen LogP contribution in [0.5, 0.6) is 0 Å². The Kier molecular flexibility index (Phi) is 4.87. The Balaban J connectivity index is 2.53. The van der Waals surface area contributed by atoms with Crippen LogP contribution in [0, 0.1) is 17.0 Å². The Morgan fingerprint density at radius 1 is 1.36 bits per heavy atom. The zero-order chi connectivity index (χ0) is 18.8. The van der Waals surface area contributed by atoms with E-state index in [9.17, 15) is 24.8 Å². The Morgan fingerprint density at radius 2 is 1.96 bits per heavy atom. The lowest BCUT2D eigenvalue weighted by Gasteiger charge is -2.29. The number of benzene rings is 1. The number of carboxylic acids is 1. The zero-order valence-corrected chi connectivity index (χ0v) is 14.0. The summed E-state index contributed by atoms with van der Waals surface area (Å²) < 4.78 is 1.08. The van der Waals surface area contributed by atoms with Crippen LogP contribution in [0.1, 0.15) is 35.1 Å². The van der Waals surface area contributed by atoms with E-state index in [-0.39, 0.29) is 17.8 Å². The lowest BCUT2D eigenvalue weighted by atomic mass is 9.87. The molecule has 1 heterocycles. The van der Waals surface area contributed by atoms with Gasteiger partial charge in [-0.05, 0) is 18.9 Å². The largest absolute Gasteiger partial charge is 0.479 e. The number of carbonyl (C=O) groups excluding carboxylic acids is 1. The third-order valence-corrected chi connectivity index (χ3v) is 4.08. The van der Waals surface area contributed by atoms with Crippen LogP contribution in [-0.4, -0.2) is 31.7 Å². The van der Waals surface area contributed by atoms with Gasteiger partial charge in [-0.15, -0.1) is 0 Å². The molecule has 0 spiro atoms. The maximum absolute atomic E-state index is 12.7. The summed E-state index contributed by atoms with van der Waals surface area (Å²) in [4.78, 5) is 35.2. The summed E-state index contributed by atoms with van der Waals surface area (Å²) in [6.07, 6.45) is 0.0583. The third-order valence-electron chi connectivity index (χ3n) is 4.08. The first kappa shape index (κ1) is 18.1. The molecule has 0 aliphatic carbocycles. The van der Waals surface area contributed by atoms with Crippen molar-refractivity contribution in [3.8, 4) is 0 Å². The molecular weight excluding hydrogens is 328 g/mol. The summed E-state index contributed by atoms with van der Waals surface area (Å²) in [5.74, 6) is -2.13. The summed E-state index contributed by atoms with van der Waals surface area (Å²) in [6.45, 7) is 3.03. The van der Waals surface area contributed by atoms with Crippen LogP contribution < -0.4 is 5.32 Å². The van der Waals surface area contributed by atoms with Gasteiger partial charge in [0.05, 0.1) is 4.92 Å². The van der Waals surface area contributed by atoms with Crippen molar-refractivity contribution in [3.63, 3.8) is 0 Å². The van der Waals surface area contributed by atoms with Gasteiger partial charge in [0.25, 0.3) is 5.91 Å². The summed E-state index contributed by atoms with van der Waals surface area (Å²) in [5.41, 5.74) is -1.99. The first-order valence-corrected chi connectivity index (χ1v) is 7.54. The Bertz CT molecular complexity index is 831. The van der Waals surface area contributed by atoms with Gasteiger partial charge in [-0.3, -0.25) is 19.6 Å². The molecule has 0 aliphatic rings. The molecular formula is C16H18N4O5. The van der Waals surface area contributed by atoms with E-state index < -0.39 is 28.0 Å². The fraction of sp³-hybridized carbons (Fsp3) is 0.312. The number of aryl methyl sites for hydroxylation is 2. The van der Waals surface area contributed by atoms with Crippen LogP contribution >= 0.6 is 0 Å². The molecule has 0 fully saturated rings. The van der Waals surface area contributed by atoms with Crippen molar-refractivity contribution < 1.29 is 19.6 Å². The van der Waals surface area contributed by atoms with Gasteiger partial charge in [-0.1, -0.05) is 37.3 Å². The number of nitrogens with one attached hydrogen (secondary N) is 1. The first-order chi connectivity index (χ1) is 11.7. The molecule has 1 aromatic carbocycles. The van der Waals surface area contributed by atoms with E-state index in [0.29, 0.717) is 5.56 Å². The second-order valence-electron chi connectivity index (χ2n) is 5.55. The van der Waals surface area contributed by atoms with Crippen molar-refractivity contribution in [3.05, 3.63) is 57.4 Å². The van der Waals surface area contributed by atoms with Crippen LogP contribution in [0.25, 0.3) is 0 Å². The molecule has 1 atom stereocenters. The molecule has 25 heavy (non-hydrogen) atoms. The number of carboxylic acid groups (broad SMARTS) is 1. The van der Waals surface area contributed by atoms with Crippen molar-refractivity contribution in [1.29, 1.82) is 0 Å². The average molecular weight is 346 g/mol. The predicted octanol–water partition coefficient (Wildman–Crippen LogP) is 1.76. The number of nitrogens with zero attached hydrogens (tertiary/aromatic N) is 3. The fourth-order valence-corrected chi connectivity index (χ4v) is 2.79. The van der Waals surface area contributed by atoms with Gasteiger partial charge < -0.3 is 10.4 Å². The topological polar surface area (TPSA) is 127 Å². The van der Waals surface area contributed by atoms with Crippen LogP contribution in [0.4, 0.5) is 5.69 Å². The Morgan fingerprint density at radius 3 is 2.44 bits per heavy atom. The number of amides is 1. The van der Waals surface area contributed by atoms with Crippen molar-refractivity contribution in [1.82, 2.24) is 15.1 Å². The number of nitro groups is 1. The molecule has 9 nitrogen and oxygen atoms in total. The minimum atomic E-state index is -1.70. The number of hydrogen-bond acceptors (Lipinski definition) is 5. The van der Waals surface area contributed by atoms with Crippen LogP contribution in [0.15, 0.2) is 30.3 Å². The monoisotopic (exact) mass is 346 g/mol. The highest BCUT2D eigenvalue weighted by molar-refractivity contribution is 6.00. The van der Waals surface area contributed by atoms with Crippen molar-refractivity contribution in [2.24, 2.45) is 7.05 Å². The zero-order valence-electron chi connectivity index (χ0n) is 14.0. The minimum absolute atomic E-state index is 0.0583. The second kappa shape index (κ2) is 6.71. The second-order valence-corrected chi connectivity index (χ2v) is 5.55. The van der Waals surface area contributed by atoms with Gasteiger partial charge in [-0.25, -0.2) is 4.79 Å². The molecule has 9 heteroatoms. The van der Waals surface area contributed by atoms with Gasteiger partial charge in [0.15, 0.2) is 5.54 Å². The van der Waals surface area contributed by atoms with Gasteiger partial charge in [0.1, 0.15) is 5.69 Å². The van der Waals surface area contributed by atoms with E-state index in [2.05, 4.69) is 10.4 Å². The van der Waals surface area contributed by atoms with E-state index in [4.69, 9.17) is 0 Å². The quantitative estimate of drug-likeness (QED) is 0.606. The van der Waals surface area contributed by atoms with Gasteiger partial charge in [0.2, 0.25) is 5.69 Å². The highest BCUT2D eigenvalue weighted by Crippen LogP contribution is 2.28. The SMILES string of the molecule is CCC(NC(=O)c1c([N+](=O)[O-])c(C)nn1C)(C(=O)O)c1ccccc1. The highest BCUT2D eigenvalue weighted by atomic mass is 16.6. The van der Waals surface area contributed by atoms with Crippen molar-refractivity contribution in [2.45, 2.75) is 25.8 Å². The summed E-state index contributed by atoms with van der Waals surface area (Å²) >= 11 is 0. The summed E-state index contributed by atoms with van der Waals surface area (Å²) in [6, 6.07) is 8.21. The van der Waals surface area contributed by atoms with Gasteiger partial charge >= 0.3 is 11.7 Å². The third kappa shape index (κ3) is 3.08. The molecule has 2 aromatic rings. The van der Waals surface area contributed by atoms with E-state index in [1.807, 2.05) is 0 Å². The smallest absolute Gasteiger partial charge is 0.334 e. The number of rotatable bonds is 6. The molecule has 0 aliphatic heterocycles. The van der Waals surface area contributed by atoms with Crippen LogP contribution in [-0.2, 0) is 17.4 Å². The molecule has 1 amide bonds. The molecule has 2 rings (SSSR count). The minimum Gasteiger partial charge on any atom is -0.479 e. The maximum Gasteiger partial charge on any atom is 0.334 e. The molecule has 0 saturated carbocycles. The van der Waals surface area contributed by atoms with Gasteiger partial charge in [-0.2, -0.15) is 5.10 Å². The molecule has 0 bridgehead atoms. The fourth-order valence-electron chi connectivity index (χ4n) is 2.79. The maximum atomic E-state index is 12.7. The normalized spacial score (nSPS) is 13.1. The van der Waals surface area contributed by atoms with Crippen molar-refractivity contribution in [2.75, 3.05) is 0 Å². The lowest BCUT2D eigenvalue weighted by Crippen LogP contribution is -2.51. The van der Waals surface area contributed by atoms with Crippen LogP contribution in [0.2, 0.25) is 0 Å². The van der Waals surface area contributed by atoms with E-state index in [0.717, 1.165) is 4.68 Å². The first-order valence-electron chi connectivity index (χ1n) is 7.54. The standard InChI is InChI=1S/C16H18N4O5/c1-4-16(15(22)23,11-8-6-5-7-9-11)17-14(21)13-12(20(24)25)10(2)18-19(13)3/h5-9H,4H2,1-3H3,(H,17,21)(H,22,23). The summed E-state index contributed by atoms with van der Waals surface area (Å²) in [5, 5.41) is 27.4. The van der Waals surface area contributed by atoms with Crippen LogP contribution in [0.3, 0.4) is 0 Å². The molecule has 2 N–H and O–H groups in total.